The third-order valence-corrected chi connectivity index (χ3v) is 11.7. The zero-order chi connectivity index (χ0) is 36.2. The summed E-state index contributed by atoms with van der Waals surface area (Å²) in [6.45, 7) is 8.14. The van der Waals surface area contributed by atoms with E-state index in [1.54, 1.807) is 29.2 Å². The highest BCUT2D eigenvalue weighted by Crippen LogP contribution is 2.61. The van der Waals surface area contributed by atoms with E-state index in [0.717, 1.165) is 25.8 Å². The van der Waals surface area contributed by atoms with Crippen molar-refractivity contribution in [2.24, 2.45) is 5.41 Å². The molecule has 9 rings (SSSR count). The summed E-state index contributed by atoms with van der Waals surface area (Å²) in [6, 6.07) is 8.02. The molecule has 3 unspecified atom stereocenters. The molecule has 5 aliphatic rings. The van der Waals surface area contributed by atoms with E-state index in [0.29, 0.717) is 78.7 Å². The number of carbonyl (C=O) groups excluding carboxylic acids is 1. The number of carbonyl (C=O) groups is 1. The lowest BCUT2D eigenvalue weighted by Crippen LogP contribution is -2.55. The predicted molar refractivity (Wildman–Crippen MR) is 191 cm³/mol. The molecule has 12 heteroatoms. The van der Waals surface area contributed by atoms with Gasteiger partial charge in [-0.25, -0.2) is 22.9 Å². The third kappa shape index (κ3) is 5.42. The first-order valence-electron chi connectivity index (χ1n) is 18.2. The lowest BCUT2D eigenvalue weighted by Gasteiger charge is -2.41. The number of fused-ring (bicyclic) bond motifs is 4. The number of aromatic nitrogens is 3. The first-order chi connectivity index (χ1) is 24.9. The largest absolute Gasteiger partial charge is 0.461 e. The minimum absolute atomic E-state index is 0.00128. The molecule has 0 radical (unpaired) electrons. The molecule has 0 bridgehead atoms. The van der Waals surface area contributed by atoms with Crippen LogP contribution in [0.25, 0.3) is 32.9 Å². The van der Waals surface area contributed by atoms with Crippen LogP contribution in [0.4, 0.5) is 23.8 Å². The van der Waals surface area contributed by atoms with Gasteiger partial charge in [0, 0.05) is 56.1 Å². The fourth-order valence-electron chi connectivity index (χ4n) is 9.23. The Hall–Kier alpha value is -4.63. The number of nitrogens with zero attached hydrogens (tertiary/aromatic N) is 6. The van der Waals surface area contributed by atoms with Crippen LogP contribution in [0.15, 0.2) is 30.3 Å². The van der Waals surface area contributed by atoms with Gasteiger partial charge >= 0.3 is 12.1 Å². The van der Waals surface area contributed by atoms with Crippen LogP contribution < -0.4 is 9.64 Å². The number of anilines is 1. The lowest BCUT2D eigenvalue weighted by atomic mass is 9.89. The van der Waals surface area contributed by atoms with Gasteiger partial charge in [0.2, 0.25) is 0 Å². The molecule has 2 aromatic heterocycles. The van der Waals surface area contributed by atoms with Crippen LogP contribution >= 0.6 is 0 Å². The molecule has 1 saturated carbocycles. The van der Waals surface area contributed by atoms with E-state index in [2.05, 4.69) is 15.7 Å². The first kappa shape index (κ1) is 33.2. The molecule has 52 heavy (non-hydrogen) atoms. The summed E-state index contributed by atoms with van der Waals surface area (Å²) in [5, 5.41) is 1.53. The maximum absolute atomic E-state index is 17.2. The van der Waals surface area contributed by atoms with Crippen LogP contribution in [-0.2, 0) is 11.2 Å². The molecule has 4 aliphatic heterocycles. The summed E-state index contributed by atoms with van der Waals surface area (Å²) in [4.78, 5) is 33.8. The van der Waals surface area contributed by atoms with Crippen LogP contribution in [0.2, 0.25) is 0 Å². The van der Waals surface area contributed by atoms with Gasteiger partial charge in [-0.3, -0.25) is 4.90 Å². The Labute approximate surface area is 300 Å². The molecule has 3 atom stereocenters. The molecule has 270 valence electrons. The number of benzene rings is 2. The highest BCUT2D eigenvalue weighted by atomic mass is 19.1. The SMILES string of the molecule is C#Cc1c(F)ccc2cccc(-c3nc4c5c(nc(OCC67CC(F)CN6CC6(CC6)C7)nc5c3F)N3CCN(C(=O)OC(C)(C)C)CC3CC4)c12. The normalized spacial score (nSPS) is 24.9. The van der Waals surface area contributed by atoms with Gasteiger partial charge in [-0.1, -0.05) is 30.2 Å². The molecular formula is C40H41F3N6O3. The minimum Gasteiger partial charge on any atom is -0.461 e. The topological polar surface area (TPSA) is 83.9 Å². The highest BCUT2D eigenvalue weighted by molar-refractivity contribution is 6.02. The standard InChI is InChI=1S/C40H41F3N6O3/c1-5-26-28(42)11-9-23-7-6-8-27(30(23)26)33-32(43)34-31-29(44-33)12-10-25-19-47(37(50)52-38(2,3)4)15-16-49(25)35(31)46-36(45-34)51-22-40-17-24(41)18-48(40)21-39(20-40)13-14-39/h1,6-9,11,24-25H,10,12-22H2,2-4H3. The molecule has 0 N–H and O–H groups in total. The van der Waals surface area contributed by atoms with Crippen molar-refractivity contribution >= 4 is 33.6 Å². The van der Waals surface area contributed by atoms with Gasteiger partial charge in [-0.05, 0) is 69.7 Å². The molecule has 1 aliphatic carbocycles. The second-order valence-electron chi connectivity index (χ2n) is 16.4. The zero-order valence-corrected chi connectivity index (χ0v) is 29.6. The smallest absolute Gasteiger partial charge is 0.410 e. The number of alkyl halides is 1. The van der Waals surface area contributed by atoms with Crippen molar-refractivity contribution in [1.29, 1.82) is 0 Å². The number of pyridine rings is 1. The second kappa shape index (κ2) is 11.7. The van der Waals surface area contributed by atoms with Gasteiger partial charge in [0.05, 0.1) is 22.2 Å². The van der Waals surface area contributed by atoms with E-state index in [-0.39, 0.29) is 46.9 Å². The highest BCUT2D eigenvalue weighted by Gasteiger charge is 2.62. The van der Waals surface area contributed by atoms with Crippen molar-refractivity contribution in [3.8, 4) is 29.6 Å². The summed E-state index contributed by atoms with van der Waals surface area (Å²) >= 11 is 0. The van der Waals surface area contributed by atoms with Crippen molar-refractivity contribution in [2.75, 3.05) is 44.2 Å². The molecule has 1 spiro atoms. The van der Waals surface area contributed by atoms with Crippen molar-refractivity contribution in [3.05, 3.63) is 53.2 Å². The van der Waals surface area contributed by atoms with Crippen molar-refractivity contribution in [3.63, 3.8) is 0 Å². The molecule has 3 saturated heterocycles. The van der Waals surface area contributed by atoms with E-state index < -0.39 is 28.9 Å². The number of aryl methyl sites for hydroxylation is 1. The first-order valence-corrected chi connectivity index (χ1v) is 18.2. The Bertz CT molecular complexity index is 2200. The molecule has 4 fully saturated rings. The molecule has 2 aromatic carbocycles. The summed E-state index contributed by atoms with van der Waals surface area (Å²) in [5.41, 5.74) is 0.156. The molecule has 6 heterocycles. The Morgan fingerprint density at radius 2 is 1.90 bits per heavy atom. The maximum Gasteiger partial charge on any atom is 0.410 e. The number of amides is 1. The monoisotopic (exact) mass is 710 g/mol. The van der Waals surface area contributed by atoms with E-state index in [1.807, 2.05) is 20.8 Å². The Kier molecular flexibility index (Phi) is 7.47. The van der Waals surface area contributed by atoms with Gasteiger partial charge < -0.3 is 19.3 Å². The number of ether oxygens (including phenoxy) is 2. The van der Waals surface area contributed by atoms with E-state index in [4.69, 9.17) is 30.8 Å². The van der Waals surface area contributed by atoms with Crippen molar-refractivity contribution in [2.45, 2.75) is 82.6 Å². The Morgan fingerprint density at radius 3 is 2.67 bits per heavy atom. The fourth-order valence-corrected chi connectivity index (χ4v) is 9.23. The van der Waals surface area contributed by atoms with Crippen LogP contribution in [-0.4, -0.2) is 93.5 Å². The van der Waals surface area contributed by atoms with Crippen LogP contribution in [0.1, 0.15) is 64.1 Å². The molecule has 1 amide bonds. The van der Waals surface area contributed by atoms with Gasteiger partial charge in [-0.2, -0.15) is 9.97 Å². The average Bonchev–Trinajstić information content (AvgIpc) is 3.74. The number of rotatable bonds is 4. The number of hydrogen-bond acceptors (Lipinski definition) is 8. The molecule has 9 nitrogen and oxygen atoms in total. The number of hydrogen-bond donors (Lipinski definition) is 0. The fraction of sp³-hybridized carbons (Fsp3) is 0.500. The third-order valence-electron chi connectivity index (χ3n) is 11.7. The Morgan fingerprint density at radius 1 is 1.08 bits per heavy atom. The van der Waals surface area contributed by atoms with Gasteiger partial charge in [-0.15, -0.1) is 6.42 Å². The van der Waals surface area contributed by atoms with E-state index in [9.17, 15) is 9.18 Å². The number of halogens is 3. The maximum atomic E-state index is 17.2. The average molecular weight is 711 g/mol. The second-order valence-corrected chi connectivity index (χ2v) is 16.4. The minimum atomic E-state index is -0.934. The zero-order valence-electron chi connectivity index (χ0n) is 29.6. The summed E-state index contributed by atoms with van der Waals surface area (Å²) in [5.74, 6) is 1.67. The van der Waals surface area contributed by atoms with E-state index in [1.165, 1.54) is 6.07 Å². The van der Waals surface area contributed by atoms with E-state index >= 15 is 8.78 Å². The van der Waals surface area contributed by atoms with Crippen LogP contribution in [0.5, 0.6) is 6.01 Å². The van der Waals surface area contributed by atoms with Crippen molar-refractivity contribution in [1.82, 2.24) is 24.8 Å². The quantitative estimate of drug-likeness (QED) is 0.214. The summed E-state index contributed by atoms with van der Waals surface area (Å²) in [6.07, 6.45) is 9.02. The van der Waals surface area contributed by atoms with Crippen molar-refractivity contribution < 1.29 is 27.4 Å². The van der Waals surface area contributed by atoms with Gasteiger partial charge in [0.1, 0.15) is 41.2 Å². The van der Waals surface area contributed by atoms with Crippen LogP contribution in [0.3, 0.4) is 0 Å². The lowest BCUT2D eigenvalue weighted by molar-refractivity contribution is 0.0212. The van der Waals surface area contributed by atoms with Gasteiger partial charge in [0.25, 0.3) is 0 Å². The Balaban J connectivity index is 1.16. The van der Waals surface area contributed by atoms with Crippen LogP contribution in [0, 0.1) is 29.4 Å². The predicted octanol–water partition coefficient (Wildman–Crippen LogP) is 6.82. The summed E-state index contributed by atoms with van der Waals surface area (Å²) < 4.78 is 59.3. The number of piperazine rings is 1. The summed E-state index contributed by atoms with van der Waals surface area (Å²) in [7, 11) is 0. The van der Waals surface area contributed by atoms with Gasteiger partial charge in [0.15, 0.2) is 5.82 Å². The molecule has 4 aromatic rings. The molecular weight excluding hydrogens is 669 g/mol. The number of terminal acetylenes is 1.